The second-order valence-corrected chi connectivity index (χ2v) is 9.52. The number of benzene rings is 3. The number of hydrogen-bond donors (Lipinski definition) is 0. The number of thiazole rings is 1. The van der Waals surface area contributed by atoms with Crippen LogP contribution < -0.4 is 10.1 Å². The Labute approximate surface area is 209 Å². The van der Waals surface area contributed by atoms with Crippen LogP contribution >= 0.6 is 22.9 Å². The van der Waals surface area contributed by atoms with Gasteiger partial charge in [-0.3, -0.25) is 4.79 Å². The van der Waals surface area contributed by atoms with E-state index in [0.717, 1.165) is 22.5 Å². The van der Waals surface area contributed by atoms with E-state index in [1.807, 2.05) is 77.6 Å². The predicted molar refractivity (Wildman–Crippen MR) is 140 cm³/mol. The molecule has 0 saturated carbocycles. The molecule has 0 saturated heterocycles. The third kappa shape index (κ3) is 3.95. The summed E-state index contributed by atoms with van der Waals surface area (Å²) in [7, 11) is 0. The van der Waals surface area contributed by atoms with Gasteiger partial charge in [0.1, 0.15) is 0 Å². The number of aromatic nitrogens is 5. The number of aryl methyl sites for hydroxylation is 1. The smallest absolute Gasteiger partial charge is 0.266 e. The normalized spacial score (nSPS) is 12.0. The van der Waals surface area contributed by atoms with E-state index in [1.54, 1.807) is 6.07 Å². The molecule has 3 aromatic heterocycles. The van der Waals surface area contributed by atoms with Gasteiger partial charge >= 0.3 is 0 Å². The summed E-state index contributed by atoms with van der Waals surface area (Å²) in [6.07, 6.45) is 3.80. The van der Waals surface area contributed by atoms with E-state index in [2.05, 4.69) is 29.1 Å². The topological polar surface area (TPSA) is 65.1 Å². The molecule has 6 rings (SSSR count). The van der Waals surface area contributed by atoms with Gasteiger partial charge in [-0.2, -0.15) is 14.6 Å². The molecule has 35 heavy (non-hydrogen) atoms. The molecule has 6 nitrogen and oxygen atoms in total. The van der Waals surface area contributed by atoms with Crippen LogP contribution in [0.3, 0.4) is 0 Å². The molecule has 0 aliphatic heterocycles. The Morgan fingerprint density at radius 3 is 2.40 bits per heavy atom. The summed E-state index contributed by atoms with van der Waals surface area (Å²) in [5.41, 5.74) is 5.19. The maximum atomic E-state index is 13.2. The zero-order valence-corrected chi connectivity index (χ0v) is 20.2. The maximum absolute atomic E-state index is 13.2. The Morgan fingerprint density at radius 2 is 1.66 bits per heavy atom. The lowest BCUT2D eigenvalue weighted by Crippen LogP contribution is -2.23. The Kier molecular flexibility index (Phi) is 5.28. The Bertz CT molecular complexity index is 1790. The lowest BCUT2D eigenvalue weighted by atomic mass is 10.1. The summed E-state index contributed by atoms with van der Waals surface area (Å²) in [6, 6.07) is 25.4. The average molecular weight is 496 g/mol. The van der Waals surface area contributed by atoms with Gasteiger partial charge in [-0.05, 0) is 37.3 Å². The number of nitrogens with zero attached hydrogens (tertiary/aromatic N) is 5. The van der Waals surface area contributed by atoms with Crippen LogP contribution in [0.1, 0.15) is 11.1 Å². The van der Waals surface area contributed by atoms with E-state index < -0.39 is 0 Å². The highest BCUT2D eigenvalue weighted by molar-refractivity contribution is 7.15. The van der Waals surface area contributed by atoms with Gasteiger partial charge in [0.2, 0.25) is 4.96 Å². The zero-order valence-electron chi connectivity index (χ0n) is 18.6. The molecule has 0 aliphatic rings. The summed E-state index contributed by atoms with van der Waals surface area (Å²) in [6.45, 7) is 2.05. The third-order valence-electron chi connectivity index (χ3n) is 5.67. The van der Waals surface area contributed by atoms with E-state index in [0.29, 0.717) is 25.9 Å². The summed E-state index contributed by atoms with van der Waals surface area (Å²) < 4.78 is 3.70. The standard InChI is InChI=1S/C27H18ClN5OS/c1-17-11-13-18(14-12-17)24-19(16-32(30-24)20-7-3-2-4-8-20)15-23-26(34)33-27(35-23)29-25(31-33)21-9-5-6-10-22(21)28/h2-16H,1H3/b23-15+. The molecule has 0 spiro atoms. The van der Waals surface area contributed by atoms with Crippen LogP contribution in [0.4, 0.5) is 0 Å². The van der Waals surface area contributed by atoms with Gasteiger partial charge in [-0.1, -0.05) is 83.1 Å². The van der Waals surface area contributed by atoms with Crippen molar-refractivity contribution < 1.29 is 0 Å². The van der Waals surface area contributed by atoms with E-state index >= 15 is 0 Å². The van der Waals surface area contributed by atoms with Crippen molar-refractivity contribution in [3.63, 3.8) is 0 Å². The first kappa shape index (κ1) is 21.5. The minimum Gasteiger partial charge on any atom is -0.266 e. The lowest BCUT2D eigenvalue weighted by molar-refractivity contribution is 0.884. The highest BCUT2D eigenvalue weighted by atomic mass is 35.5. The number of para-hydroxylation sites is 1. The van der Waals surface area contributed by atoms with Crippen LogP contribution in [0.25, 0.3) is 39.4 Å². The van der Waals surface area contributed by atoms with Crippen LogP contribution in [-0.2, 0) is 0 Å². The quantitative estimate of drug-likeness (QED) is 0.338. The molecule has 0 atom stereocenters. The second-order valence-electron chi connectivity index (χ2n) is 8.10. The van der Waals surface area contributed by atoms with Crippen molar-refractivity contribution in [3.8, 4) is 28.3 Å². The summed E-state index contributed by atoms with van der Waals surface area (Å²) >= 11 is 7.58. The van der Waals surface area contributed by atoms with Crippen LogP contribution in [0.5, 0.6) is 0 Å². The third-order valence-corrected chi connectivity index (χ3v) is 6.96. The van der Waals surface area contributed by atoms with Gasteiger partial charge < -0.3 is 0 Å². The Morgan fingerprint density at radius 1 is 0.914 bits per heavy atom. The number of halogens is 1. The van der Waals surface area contributed by atoms with E-state index in [-0.39, 0.29) is 5.56 Å². The van der Waals surface area contributed by atoms with Crippen LogP contribution in [0, 0.1) is 6.92 Å². The van der Waals surface area contributed by atoms with E-state index in [9.17, 15) is 4.79 Å². The molecule has 8 heteroatoms. The SMILES string of the molecule is Cc1ccc(-c2nn(-c3ccccc3)cc2/C=c2/sc3nc(-c4ccccc4Cl)nn3c2=O)cc1. The average Bonchev–Trinajstić information content (AvgIpc) is 3.56. The van der Waals surface area contributed by atoms with Crippen LogP contribution in [-0.4, -0.2) is 24.4 Å². The fourth-order valence-corrected chi connectivity index (χ4v) is 4.99. The van der Waals surface area contributed by atoms with Crippen molar-refractivity contribution in [1.29, 1.82) is 0 Å². The van der Waals surface area contributed by atoms with Gasteiger partial charge in [0.15, 0.2) is 5.82 Å². The Hall–Kier alpha value is -4.07. The molecule has 170 valence electrons. The van der Waals surface area contributed by atoms with Crippen molar-refractivity contribution in [1.82, 2.24) is 24.4 Å². The molecule has 0 amide bonds. The molecule has 0 aliphatic carbocycles. The van der Waals surface area contributed by atoms with E-state index in [4.69, 9.17) is 16.7 Å². The van der Waals surface area contributed by atoms with Gasteiger partial charge in [0.05, 0.1) is 20.9 Å². The number of hydrogen-bond acceptors (Lipinski definition) is 5. The van der Waals surface area contributed by atoms with Crippen LogP contribution in [0.15, 0.2) is 89.9 Å². The molecule has 0 bridgehead atoms. The van der Waals surface area contributed by atoms with Crippen molar-refractivity contribution in [3.05, 3.63) is 116 Å². The monoisotopic (exact) mass is 495 g/mol. The predicted octanol–water partition coefficient (Wildman–Crippen LogP) is 5.18. The van der Waals surface area contributed by atoms with Gasteiger partial charge in [-0.15, -0.1) is 5.10 Å². The molecule has 0 fully saturated rings. The molecule has 0 N–H and O–H groups in total. The fourth-order valence-electron chi connectivity index (χ4n) is 3.87. The largest absolute Gasteiger partial charge is 0.291 e. The highest BCUT2D eigenvalue weighted by Gasteiger charge is 2.16. The minimum absolute atomic E-state index is 0.224. The summed E-state index contributed by atoms with van der Waals surface area (Å²) in [5, 5.41) is 9.82. The first-order valence-electron chi connectivity index (χ1n) is 11.0. The van der Waals surface area contributed by atoms with Gasteiger partial charge in [0.25, 0.3) is 5.56 Å². The maximum Gasteiger partial charge on any atom is 0.291 e. The molecular formula is C27H18ClN5OS. The molecule has 0 radical (unpaired) electrons. The zero-order chi connectivity index (χ0) is 23.9. The summed E-state index contributed by atoms with van der Waals surface area (Å²) in [4.78, 5) is 18.3. The highest BCUT2D eigenvalue weighted by Crippen LogP contribution is 2.26. The molecule has 0 unspecified atom stereocenters. The minimum atomic E-state index is -0.224. The lowest BCUT2D eigenvalue weighted by Gasteiger charge is -2.01. The van der Waals surface area contributed by atoms with E-state index in [1.165, 1.54) is 21.4 Å². The number of fused-ring (bicyclic) bond motifs is 1. The van der Waals surface area contributed by atoms with Crippen molar-refractivity contribution in [2.75, 3.05) is 0 Å². The molecule has 3 heterocycles. The Balaban J connectivity index is 1.50. The van der Waals surface area contributed by atoms with Crippen molar-refractivity contribution in [2.45, 2.75) is 6.92 Å². The summed E-state index contributed by atoms with van der Waals surface area (Å²) in [5.74, 6) is 0.433. The van der Waals surface area contributed by atoms with Gasteiger partial charge in [-0.25, -0.2) is 4.68 Å². The van der Waals surface area contributed by atoms with Crippen molar-refractivity contribution >= 4 is 34.0 Å². The number of rotatable bonds is 4. The molecule has 3 aromatic carbocycles. The van der Waals surface area contributed by atoms with Crippen LogP contribution in [0.2, 0.25) is 5.02 Å². The second kappa shape index (κ2) is 8.61. The first-order chi connectivity index (χ1) is 17.1. The fraction of sp³-hybridized carbons (Fsp3) is 0.0370. The van der Waals surface area contributed by atoms with Crippen molar-refractivity contribution in [2.24, 2.45) is 0 Å². The molecule has 6 aromatic rings. The molecular weight excluding hydrogens is 478 g/mol. The first-order valence-corrected chi connectivity index (χ1v) is 12.1. The van der Waals surface area contributed by atoms with Gasteiger partial charge in [0, 0.05) is 22.9 Å².